The molecule has 5 rings (SSSR count). The SMILES string of the molecule is O=C(OC1C2C[C@H](C3CCC(=O)C23)C1OC(=O)c1cccc(C(F)(F)F)c1)c1cccc(C(F)(F)F)c1. The standard InChI is InChI=1S/C26H20F6O5/c27-25(28,29)14-5-1-3-12(9-14)23(34)36-21-17-11-18(20-16(17)7-8-19(20)33)22(21)37-24(35)13-4-2-6-15(10-13)26(30,31)32/h1-6,9-10,16-18,20-22H,7-8,11H2/t16?,17-,18?,20?,21?,22?/m1/s1. The molecule has 3 aliphatic rings. The van der Waals surface area contributed by atoms with E-state index in [4.69, 9.17) is 9.47 Å². The second kappa shape index (κ2) is 8.88. The van der Waals surface area contributed by atoms with E-state index in [9.17, 15) is 40.7 Å². The highest BCUT2D eigenvalue weighted by molar-refractivity contribution is 5.91. The number of hydrogen-bond donors (Lipinski definition) is 0. The van der Waals surface area contributed by atoms with E-state index in [1.165, 1.54) is 0 Å². The van der Waals surface area contributed by atoms with Gasteiger partial charge in [0.2, 0.25) is 0 Å². The monoisotopic (exact) mass is 526 g/mol. The van der Waals surface area contributed by atoms with Crippen LogP contribution in [0.4, 0.5) is 26.3 Å². The van der Waals surface area contributed by atoms with Crippen molar-refractivity contribution in [3.63, 3.8) is 0 Å². The summed E-state index contributed by atoms with van der Waals surface area (Å²) in [5.74, 6) is -3.56. The van der Waals surface area contributed by atoms with Crippen molar-refractivity contribution in [1.82, 2.24) is 0 Å². The molecule has 0 heterocycles. The van der Waals surface area contributed by atoms with E-state index in [1.54, 1.807) is 0 Å². The lowest BCUT2D eigenvalue weighted by molar-refractivity contribution is -0.138. The molecule has 37 heavy (non-hydrogen) atoms. The summed E-state index contributed by atoms with van der Waals surface area (Å²) in [6.45, 7) is 0. The number of carbonyl (C=O) groups excluding carboxylic acids is 3. The van der Waals surface area contributed by atoms with E-state index in [1.807, 2.05) is 0 Å². The van der Waals surface area contributed by atoms with Gasteiger partial charge >= 0.3 is 24.3 Å². The van der Waals surface area contributed by atoms with Crippen LogP contribution in [0.2, 0.25) is 0 Å². The third kappa shape index (κ3) is 4.59. The normalized spacial score (nSPS) is 28.8. The number of carbonyl (C=O) groups is 3. The third-order valence-electron chi connectivity index (χ3n) is 7.62. The number of fused-ring (bicyclic) bond motifs is 5. The molecule has 2 bridgehead atoms. The molecule has 0 N–H and O–H groups in total. The van der Waals surface area contributed by atoms with Crippen LogP contribution in [0.1, 0.15) is 51.1 Å². The van der Waals surface area contributed by atoms with Crippen LogP contribution in [-0.2, 0) is 26.6 Å². The lowest BCUT2D eigenvalue weighted by atomic mass is 9.78. The van der Waals surface area contributed by atoms with Crippen molar-refractivity contribution < 1.29 is 50.2 Å². The van der Waals surface area contributed by atoms with Gasteiger partial charge in [-0.15, -0.1) is 0 Å². The topological polar surface area (TPSA) is 69.7 Å². The number of rotatable bonds is 4. The largest absolute Gasteiger partial charge is 0.455 e. The summed E-state index contributed by atoms with van der Waals surface area (Å²) in [6, 6.07) is 7.34. The Labute approximate surface area is 206 Å². The van der Waals surface area contributed by atoms with Gasteiger partial charge in [0.05, 0.1) is 22.3 Å². The minimum Gasteiger partial charge on any atom is -0.455 e. The molecule has 0 spiro atoms. The molecule has 5 nitrogen and oxygen atoms in total. The molecule has 3 saturated carbocycles. The predicted molar refractivity (Wildman–Crippen MR) is 114 cm³/mol. The zero-order valence-corrected chi connectivity index (χ0v) is 19.0. The first kappa shape index (κ1) is 25.3. The quantitative estimate of drug-likeness (QED) is 0.377. The molecule has 6 atom stereocenters. The molecular weight excluding hydrogens is 506 g/mol. The highest BCUT2D eigenvalue weighted by Gasteiger charge is 2.64. The average Bonchev–Trinajstić information content (AvgIpc) is 3.50. The maximum Gasteiger partial charge on any atom is 0.416 e. The van der Waals surface area contributed by atoms with Crippen LogP contribution < -0.4 is 0 Å². The Kier molecular flexibility index (Phi) is 6.07. The first-order valence-electron chi connectivity index (χ1n) is 11.6. The molecule has 0 aliphatic heterocycles. The Morgan fingerprint density at radius 3 is 1.70 bits per heavy atom. The maximum absolute atomic E-state index is 13.1. The minimum absolute atomic E-state index is 0.0136. The number of benzene rings is 2. The molecule has 3 fully saturated rings. The van der Waals surface area contributed by atoms with Crippen molar-refractivity contribution in [3.8, 4) is 0 Å². The van der Waals surface area contributed by atoms with Crippen LogP contribution in [0, 0.1) is 23.7 Å². The van der Waals surface area contributed by atoms with Gasteiger partial charge in [-0.3, -0.25) is 4.79 Å². The summed E-state index contributed by atoms with van der Waals surface area (Å²) < 4.78 is 89.8. The molecule has 2 aromatic carbocycles. The fraction of sp³-hybridized carbons (Fsp3) is 0.423. The van der Waals surface area contributed by atoms with E-state index in [2.05, 4.69) is 0 Å². The first-order valence-corrected chi connectivity index (χ1v) is 11.6. The van der Waals surface area contributed by atoms with Gasteiger partial charge in [-0.05, 0) is 55.2 Å². The van der Waals surface area contributed by atoms with Crippen molar-refractivity contribution in [3.05, 3.63) is 70.8 Å². The van der Waals surface area contributed by atoms with Gasteiger partial charge in [0.15, 0.2) is 0 Å². The molecule has 3 aliphatic carbocycles. The second-order valence-corrected chi connectivity index (χ2v) is 9.66. The predicted octanol–water partition coefficient (Wildman–Crippen LogP) is 5.72. The summed E-state index contributed by atoms with van der Waals surface area (Å²) >= 11 is 0. The second-order valence-electron chi connectivity index (χ2n) is 9.66. The van der Waals surface area contributed by atoms with Gasteiger partial charge in [0.25, 0.3) is 0 Å². The lowest BCUT2D eigenvalue weighted by Gasteiger charge is -2.36. The van der Waals surface area contributed by atoms with E-state index in [0.29, 0.717) is 31.4 Å². The van der Waals surface area contributed by atoms with Crippen LogP contribution in [-0.4, -0.2) is 29.9 Å². The van der Waals surface area contributed by atoms with Gasteiger partial charge in [-0.2, -0.15) is 26.3 Å². The summed E-state index contributed by atoms with van der Waals surface area (Å²) in [4.78, 5) is 38.2. The number of hydrogen-bond acceptors (Lipinski definition) is 5. The maximum atomic E-state index is 13.1. The van der Waals surface area contributed by atoms with Crippen LogP contribution in [0.25, 0.3) is 0 Å². The van der Waals surface area contributed by atoms with Gasteiger partial charge < -0.3 is 9.47 Å². The summed E-state index contributed by atoms with van der Waals surface area (Å²) in [7, 11) is 0. The molecule has 11 heteroatoms. The zero-order valence-electron chi connectivity index (χ0n) is 19.0. The molecular formula is C26H20F6O5. The van der Waals surface area contributed by atoms with Crippen LogP contribution in [0.3, 0.4) is 0 Å². The Hall–Kier alpha value is -3.37. The summed E-state index contributed by atoms with van der Waals surface area (Å²) in [6.07, 6.45) is -10.3. The molecule has 5 unspecified atom stereocenters. The Morgan fingerprint density at radius 2 is 1.22 bits per heavy atom. The van der Waals surface area contributed by atoms with Crippen LogP contribution in [0.15, 0.2) is 48.5 Å². The van der Waals surface area contributed by atoms with Crippen molar-refractivity contribution >= 4 is 17.7 Å². The van der Waals surface area contributed by atoms with E-state index >= 15 is 0 Å². The molecule has 0 radical (unpaired) electrons. The fourth-order valence-electron chi connectivity index (χ4n) is 6.11. The van der Waals surface area contributed by atoms with E-state index in [0.717, 1.165) is 36.4 Å². The highest BCUT2D eigenvalue weighted by Crippen LogP contribution is 2.59. The third-order valence-corrected chi connectivity index (χ3v) is 7.62. The van der Waals surface area contributed by atoms with E-state index < -0.39 is 59.5 Å². The number of ether oxygens (including phenoxy) is 2. The fourth-order valence-corrected chi connectivity index (χ4v) is 6.11. The van der Waals surface area contributed by atoms with Gasteiger partial charge in [-0.25, -0.2) is 9.59 Å². The number of ketones is 1. The minimum atomic E-state index is -4.69. The average molecular weight is 526 g/mol. The first-order chi connectivity index (χ1) is 17.3. The molecule has 0 saturated heterocycles. The molecule has 2 aromatic rings. The number of Topliss-reactive ketones (excluding diaryl/α,β-unsaturated/α-hetero) is 1. The van der Waals surface area contributed by atoms with Crippen molar-refractivity contribution in [2.45, 2.75) is 43.8 Å². The smallest absolute Gasteiger partial charge is 0.416 e. The van der Waals surface area contributed by atoms with Crippen molar-refractivity contribution in [2.75, 3.05) is 0 Å². The zero-order chi connectivity index (χ0) is 26.7. The van der Waals surface area contributed by atoms with Crippen LogP contribution in [0.5, 0.6) is 0 Å². The van der Waals surface area contributed by atoms with Gasteiger partial charge in [0.1, 0.15) is 18.0 Å². The van der Waals surface area contributed by atoms with Gasteiger partial charge in [-0.1, -0.05) is 12.1 Å². The Bertz CT molecular complexity index is 1250. The van der Waals surface area contributed by atoms with Crippen molar-refractivity contribution in [1.29, 1.82) is 0 Å². The Morgan fingerprint density at radius 1 is 0.730 bits per heavy atom. The Balaban J connectivity index is 1.41. The molecule has 0 aromatic heterocycles. The van der Waals surface area contributed by atoms with Gasteiger partial charge in [0, 0.05) is 24.2 Å². The number of alkyl halides is 6. The molecule has 196 valence electrons. The molecule has 0 amide bonds. The summed E-state index contributed by atoms with van der Waals surface area (Å²) in [5, 5.41) is 0. The van der Waals surface area contributed by atoms with Crippen LogP contribution >= 0.6 is 0 Å². The summed E-state index contributed by atoms with van der Waals surface area (Å²) in [5.41, 5.74) is -2.80. The lowest BCUT2D eigenvalue weighted by Crippen LogP contribution is -2.46. The number of esters is 2. The van der Waals surface area contributed by atoms with E-state index in [-0.39, 0.29) is 28.7 Å². The highest BCUT2D eigenvalue weighted by atomic mass is 19.4. The van der Waals surface area contributed by atoms with Crippen molar-refractivity contribution in [2.24, 2.45) is 23.7 Å². The number of halogens is 6.